The molecule has 1 atom stereocenters. The highest BCUT2D eigenvalue weighted by Gasteiger charge is 2.66. The summed E-state index contributed by atoms with van der Waals surface area (Å²) in [6.45, 7) is 8.78. The number of rotatable bonds is 7. The molecule has 9 heteroatoms. The van der Waals surface area contributed by atoms with E-state index in [0.29, 0.717) is 10.9 Å². The van der Waals surface area contributed by atoms with E-state index in [1.165, 1.54) is 19.1 Å². The lowest BCUT2D eigenvalue weighted by atomic mass is 10.2. The van der Waals surface area contributed by atoms with Crippen molar-refractivity contribution in [2.24, 2.45) is 0 Å². The van der Waals surface area contributed by atoms with Crippen molar-refractivity contribution in [3.05, 3.63) is 36.9 Å². The van der Waals surface area contributed by atoms with Gasteiger partial charge >= 0.3 is 17.9 Å². The monoisotopic (exact) mass is 381 g/mol. The van der Waals surface area contributed by atoms with Crippen LogP contribution in [0.5, 0.6) is 0 Å². The van der Waals surface area contributed by atoms with E-state index >= 15 is 0 Å². The third-order valence-electron chi connectivity index (χ3n) is 3.90. The smallest absolute Gasteiger partial charge is 0.307 e. The summed E-state index contributed by atoms with van der Waals surface area (Å²) in [5.74, 6) is -7.21. The maximum Gasteiger partial charge on any atom is 0.461 e. The molecule has 0 spiro atoms. The molecular weight excluding hydrogens is 361 g/mol. The van der Waals surface area contributed by atoms with E-state index in [9.17, 15) is 26.9 Å². The van der Waals surface area contributed by atoms with Crippen molar-refractivity contribution >= 4 is 24.9 Å². The van der Waals surface area contributed by atoms with Crippen LogP contribution in [0, 0.1) is 0 Å². The van der Waals surface area contributed by atoms with Crippen molar-refractivity contribution in [1.82, 2.24) is 0 Å². The van der Waals surface area contributed by atoms with E-state index < -0.39 is 26.0 Å². The molecule has 0 aliphatic heterocycles. The third-order valence-corrected chi connectivity index (χ3v) is 7.08. The van der Waals surface area contributed by atoms with Gasteiger partial charge in [-0.25, -0.2) is 0 Å². The van der Waals surface area contributed by atoms with Gasteiger partial charge in [-0.3, -0.25) is 4.79 Å². The summed E-state index contributed by atoms with van der Waals surface area (Å²) in [6, 6.07) is 6.93. The van der Waals surface area contributed by atoms with Gasteiger partial charge in [0, 0.05) is 12.2 Å². The fraction of sp³-hybridized carbons (Fsp3) is 0.438. The molecule has 1 rings (SSSR count). The van der Waals surface area contributed by atoms with Crippen LogP contribution in [0.1, 0.15) is 6.92 Å². The average molecular weight is 381 g/mol. The third kappa shape index (κ3) is 4.27. The van der Waals surface area contributed by atoms with Gasteiger partial charge in [0.25, 0.3) is 0 Å². The lowest BCUT2D eigenvalue weighted by molar-refractivity contribution is -0.380. The molecule has 1 aromatic rings. The molecular formula is C16H20F5NO2Si. The Balaban J connectivity index is 3.33. The predicted octanol–water partition coefficient (Wildman–Crippen LogP) is 4.27. The minimum Gasteiger partial charge on any atom is -0.307 e. The number of anilines is 1. The molecule has 0 aliphatic carbocycles. The Kier molecular flexibility index (Phi) is 6.52. The van der Waals surface area contributed by atoms with Crippen molar-refractivity contribution in [2.75, 3.05) is 11.4 Å². The van der Waals surface area contributed by atoms with Crippen molar-refractivity contribution < 1.29 is 31.8 Å². The largest absolute Gasteiger partial charge is 0.461 e. The van der Waals surface area contributed by atoms with E-state index in [-0.39, 0.29) is 12.2 Å². The number of alkyl halides is 4. The first-order valence-corrected chi connectivity index (χ1v) is 10.7. The molecule has 0 fully saturated rings. The normalized spacial score (nSPS) is 14.7. The number of nitrogens with zero attached hydrogens (tertiary/aromatic N) is 1. The van der Waals surface area contributed by atoms with E-state index in [1.807, 2.05) is 13.1 Å². The van der Waals surface area contributed by atoms with Crippen molar-refractivity contribution in [2.45, 2.75) is 38.1 Å². The Morgan fingerprint density at radius 3 is 2.36 bits per heavy atom. The standard InChI is InChI=1S/C16H20F5NO2Si/c1-5-10-25(3,4)13-9-7-8-12(11-13)22(6-2)14(23)15(17,24-21)16(18,19)20/h5,7-9,11H,1,6,10H2,2-4H3. The fourth-order valence-corrected chi connectivity index (χ4v) is 4.43. The molecule has 0 radical (unpaired) electrons. The van der Waals surface area contributed by atoms with Crippen LogP contribution in [-0.2, 0) is 9.74 Å². The van der Waals surface area contributed by atoms with E-state index in [0.717, 1.165) is 5.19 Å². The number of hydrogen-bond donors (Lipinski definition) is 0. The minimum atomic E-state index is -5.85. The molecule has 0 aliphatic rings. The first-order chi connectivity index (χ1) is 11.4. The summed E-state index contributed by atoms with van der Waals surface area (Å²) in [7, 11) is -1.97. The molecule has 0 bridgehead atoms. The van der Waals surface area contributed by atoms with Gasteiger partial charge in [0.15, 0.2) is 0 Å². The number of benzene rings is 1. The number of halogens is 5. The topological polar surface area (TPSA) is 29.5 Å². The molecule has 1 unspecified atom stereocenters. The highest BCUT2D eigenvalue weighted by Crippen LogP contribution is 2.38. The van der Waals surface area contributed by atoms with Gasteiger partial charge < -0.3 is 4.90 Å². The van der Waals surface area contributed by atoms with Crippen LogP contribution in [0.15, 0.2) is 36.9 Å². The average Bonchev–Trinajstić information content (AvgIpc) is 2.53. The summed E-state index contributed by atoms with van der Waals surface area (Å²) in [4.78, 5) is 14.9. The van der Waals surface area contributed by atoms with Crippen molar-refractivity contribution in [3.63, 3.8) is 0 Å². The zero-order valence-electron chi connectivity index (χ0n) is 14.2. The Morgan fingerprint density at radius 1 is 1.32 bits per heavy atom. The van der Waals surface area contributed by atoms with E-state index in [4.69, 9.17) is 0 Å². The maximum atomic E-state index is 13.9. The van der Waals surface area contributed by atoms with Gasteiger partial charge in [0.05, 0.1) is 8.07 Å². The SMILES string of the molecule is C=CC[Si](C)(C)c1cccc(N(CC)C(=O)C(F)(OF)C(F)(F)F)c1. The highest BCUT2D eigenvalue weighted by atomic mass is 28.3. The van der Waals surface area contributed by atoms with Crippen LogP contribution >= 0.6 is 0 Å². The Morgan fingerprint density at radius 2 is 1.92 bits per heavy atom. The van der Waals surface area contributed by atoms with Crippen LogP contribution in [0.3, 0.4) is 0 Å². The Hall–Kier alpha value is -1.74. The van der Waals surface area contributed by atoms with Gasteiger partial charge in [-0.1, -0.05) is 36.5 Å². The zero-order valence-corrected chi connectivity index (χ0v) is 15.2. The fourth-order valence-electron chi connectivity index (χ4n) is 2.39. The number of carbonyl (C=O) groups excluding carboxylic acids is 1. The molecule has 1 amide bonds. The van der Waals surface area contributed by atoms with Crippen LogP contribution in [0.25, 0.3) is 0 Å². The summed E-state index contributed by atoms with van der Waals surface area (Å²) in [5, 5.41) is 0.841. The highest BCUT2D eigenvalue weighted by molar-refractivity contribution is 6.90. The van der Waals surface area contributed by atoms with Gasteiger partial charge in [0.2, 0.25) is 0 Å². The Labute approximate surface area is 144 Å². The molecule has 0 aromatic heterocycles. The van der Waals surface area contributed by atoms with Gasteiger partial charge in [-0.2, -0.15) is 17.6 Å². The van der Waals surface area contributed by atoms with Crippen LogP contribution in [-0.4, -0.2) is 32.6 Å². The van der Waals surface area contributed by atoms with Crippen LogP contribution in [0.2, 0.25) is 19.1 Å². The molecule has 0 saturated carbocycles. The Bertz CT molecular complexity index is 635. The summed E-state index contributed by atoms with van der Waals surface area (Å²) in [5.41, 5.74) is 0.0398. The molecule has 25 heavy (non-hydrogen) atoms. The minimum absolute atomic E-state index is 0.0398. The molecule has 0 saturated heterocycles. The number of carbonyl (C=O) groups is 1. The zero-order chi connectivity index (χ0) is 19.5. The second-order valence-corrected chi connectivity index (χ2v) is 10.9. The van der Waals surface area contributed by atoms with Crippen molar-refractivity contribution in [1.29, 1.82) is 0 Å². The molecule has 3 nitrogen and oxygen atoms in total. The molecule has 1 aromatic carbocycles. The number of amides is 1. The van der Waals surface area contributed by atoms with Crippen molar-refractivity contribution in [3.8, 4) is 0 Å². The first kappa shape index (κ1) is 21.3. The second kappa shape index (κ2) is 7.65. The first-order valence-electron chi connectivity index (χ1n) is 7.53. The number of hydrogen-bond acceptors (Lipinski definition) is 2. The molecule has 140 valence electrons. The lowest BCUT2D eigenvalue weighted by Gasteiger charge is -2.30. The number of allylic oxidation sites excluding steroid dienone is 1. The summed E-state index contributed by atoms with van der Waals surface area (Å²) >= 11 is 0. The quantitative estimate of drug-likeness (QED) is 0.401. The van der Waals surface area contributed by atoms with Crippen LogP contribution in [0.4, 0.5) is 27.8 Å². The van der Waals surface area contributed by atoms with Gasteiger partial charge in [-0.05, 0) is 29.6 Å². The summed E-state index contributed by atoms with van der Waals surface area (Å²) in [6.07, 6.45) is -4.10. The summed E-state index contributed by atoms with van der Waals surface area (Å²) < 4.78 is 64.4. The number of likely N-dealkylation sites (N-methyl/N-ethyl adjacent to an activating group) is 1. The second-order valence-electron chi connectivity index (χ2n) is 6.15. The van der Waals surface area contributed by atoms with E-state index in [1.54, 1.807) is 18.2 Å². The van der Waals surface area contributed by atoms with Crippen LogP contribution < -0.4 is 10.1 Å². The lowest BCUT2D eigenvalue weighted by Crippen LogP contribution is -2.56. The maximum absolute atomic E-state index is 13.9. The molecule has 0 N–H and O–H groups in total. The van der Waals surface area contributed by atoms with E-state index in [2.05, 4.69) is 11.5 Å². The molecule has 0 heterocycles. The van der Waals surface area contributed by atoms with Gasteiger partial charge in [0.1, 0.15) is 0 Å². The van der Waals surface area contributed by atoms with Gasteiger partial charge in [-0.15, -0.1) is 11.5 Å². The predicted molar refractivity (Wildman–Crippen MR) is 88.7 cm³/mol.